The van der Waals surface area contributed by atoms with Crippen molar-refractivity contribution in [3.63, 3.8) is 0 Å². The van der Waals surface area contributed by atoms with Crippen LogP contribution in [0.25, 0.3) is 0 Å². The summed E-state index contributed by atoms with van der Waals surface area (Å²) in [5.41, 5.74) is 3.66. The number of hydrogen-bond acceptors (Lipinski definition) is 8. The maximum absolute atomic E-state index is 14.7. The fourth-order valence-corrected chi connectivity index (χ4v) is 5.12. The van der Waals surface area contributed by atoms with Crippen molar-refractivity contribution in [3.8, 4) is 5.88 Å². The lowest BCUT2D eigenvalue weighted by atomic mass is 9.92. The molecule has 0 unspecified atom stereocenters. The second-order valence-electron chi connectivity index (χ2n) is 7.53. The molecular formula is C19H20F3N5O4S. The average Bonchev–Trinajstić information content (AvgIpc) is 2.72. The van der Waals surface area contributed by atoms with Crippen LogP contribution in [0.5, 0.6) is 5.88 Å². The van der Waals surface area contributed by atoms with Crippen molar-refractivity contribution in [1.29, 1.82) is 0 Å². The summed E-state index contributed by atoms with van der Waals surface area (Å²) in [6.45, 7) is 2.05. The second-order valence-corrected chi connectivity index (χ2v) is 9.90. The SMILES string of the molecule is COc1cnc(C(=O)Nc2ccc(F)c([C@]3(C)CS(=O)(=O)[C@@](C)(C(F)F)C(N)=N3)c2)cn1. The van der Waals surface area contributed by atoms with Crippen LogP contribution in [0.3, 0.4) is 0 Å². The van der Waals surface area contributed by atoms with E-state index in [0.29, 0.717) is 0 Å². The molecule has 0 fully saturated rings. The molecule has 1 amide bonds. The monoisotopic (exact) mass is 471 g/mol. The van der Waals surface area contributed by atoms with Crippen LogP contribution in [-0.2, 0) is 15.4 Å². The summed E-state index contributed by atoms with van der Waals surface area (Å²) in [4.78, 5) is 24.1. The lowest BCUT2D eigenvalue weighted by molar-refractivity contribution is 0.102. The summed E-state index contributed by atoms with van der Waals surface area (Å²) >= 11 is 0. The van der Waals surface area contributed by atoms with E-state index in [0.717, 1.165) is 13.0 Å². The van der Waals surface area contributed by atoms with Gasteiger partial charge in [0.25, 0.3) is 12.3 Å². The van der Waals surface area contributed by atoms with Gasteiger partial charge in [0.05, 0.1) is 25.3 Å². The van der Waals surface area contributed by atoms with Crippen molar-refractivity contribution in [1.82, 2.24) is 9.97 Å². The Balaban J connectivity index is 1.98. The predicted octanol–water partition coefficient (Wildman–Crippen LogP) is 1.90. The Bertz CT molecular complexity index is 1190. The number of halogens is 3. The van der Waals surface area contributed by atoms with Crippen molar-refractivity contribution >= 4 is 27.3 Å². The molecule has 0 bridgehead atoms. The maximum Gasteiger partial charge on any atom is 0.275 e. The van der Waals surface area contributed by atoms with Gasteiger partial charge < -0.3 is 15.8 Å². The third-order valence-corrected chi connectivity index (χ3v) is 7.91. The van der Waals surface area contributed by atoms with Gasteiger partial charge in [-0.05, 0) is 32.0 Å². The Morgan fingerprint density at radius 1 is 1.25 bits per heavy atom. The molecule has 1 aromatic carbocycles. The Labute approximate surface area is 181 Å². The number of carbonyl (C=O) groups is 1. The summed E-state index contributed by atoms with van der Waals surface area (Å²) in [5.74, 6) is -3.04. The van der Waals surface area contributed by atoms with E-state index in [2.05, 4.69) is 20.3 Å². The molecule has 1 aliphatic rings. The third-order valence-electron chi connectivity index (χ3n) is 5.28. The minimum Gasteiger partial charge on any atom is -0.480 e. The van der Waals surface area contributed by atoms with Crippen molar-refractivity contribution < 1.29 is 31.1 Å². The van der Waals surface area contributed by atoms with Crippen LogP contribution in [0.15, 0.2) is 35.6 Å². The molecule has 2 aromatic rings. The van der Waals surface area contributed by atoms with E-state index in [4.69, 9.17) is 10.5 Å². The number of nitrogens with zero attached hydrogens (tertiary/aromatic N) is 3. The quantitative estimate of drug-likeness (QED) is 0.680. The Hall–Kier alpha value is -3.22. The molecule has 3 N–H and O–H groups in total. The molecule has 0 spiro atoms. The third kappa shape index (κ3) is 3.87. The highest BCUT2D eigenvalue weighted by molar-refractivity contribution is 7.93. The van der Waals surface area contributed by atoms with Crippen molar-refractivity contribution in [3.05, 3.63) is 47.7 Å². The van der Waals surface area contributed by atoms with Crippen LogP contribution in [0.2, 0.25) is 0 Å². The van der Waals surface area contributed by atoms with Crippen LogP contribution in [0.1, 0.15) is 29.9 Å². The van der Waals surface area contributed by atoms with Crippen LogP contribution < -0.4 is 15.8 Å². The van der Waals surface area contributed by atoms with Crippen LogP contribution in [-0.4, -0.2) is 54.2 Å². The van der Waals surface area contributed by atoms with E-state index in [1.807, 2.05) is 0 Å². The molecule has 172 valence electrons. The molecule has 2 heterocycles. The number of aliphatic imine (C=N–C) groups is 1. The van der Waals surface area contributed by atoms with E-state index in [9.17, 15) is 26.4 Å². The molecule has 0 saturated carbocycles. The Morgan fingerprint density at radius 3 is 2.47 bits per heavy atom. The first kappa shape index (κ1) is 23.4. The predicted molar refractivity (Wildman–Crippen MR) is 110 cm³/mol. The number of benzene rings is 1. The highest BCUT2D eigenvalue weighted by atomic mass is 32.2. The van der Waals surface area contributed by atoms with E-state index in [1.54, 1.807) is 0 Å². The van der Waals surface area contributed by atoms with E-state index >= 15 is 0 Å². The first-order chi connectivity index (χ1) is 14.8. The van der Waals surface area contributed by atoms with Crippen LogP contribution in [0, 0.1) is 5.82 Å². The number of nitrogens with two attached hydrogens (primary N) is 1. The first-order valence-corrected chi connectivity index (χ1v) is 10.8. The minimum atomic E-state index is -4.52. The minimum absolute atomic E-state index is 0.0573. The molecule has 0 radical (unpaired) electrons. The molecule has 1 aliphatic heterocycles. The molecule has 1 aromatic heterocycles. The average molecular weight is 471 g/mol. The fraction of sp³-hybridized carbons (Fsp3) is 0.368. The molecule has 32 heavy (non-hydrogen) atoms. The first-order valence-electron chi connectivity index (χ1n) is 9.18. The summed E-state index contributed by atoms with van der Waals surface area (Å²) in [7, 11) is -3.14. The number of amides is 1. The van der Waals surface area contributed by atoms with Gasteiger partial charge in [-0.25, -0.2) is 31.6 Å². The molecule has 3 rings (SSSR count). The maximum atomic E-state index is 14.7. The Kier molecular flexibility index (Phi) is 5.89. The number of carbonyl (C=O) groups excluding carboxylic acids is 1. The Morgan fingerprint density at radius 2 is 1.94 bits per heavy atom. The molecule has 0 saturated heterocycles. The van der Waals surface area contributed by atoms with Gasteiger partial charge in [-0.2, -0.15) is 0 Å². The highest BCUT2D eigenvalue weighted by Crippen LogP contribution is 2.40. The normalized spacial score (nSPS) is 24.7. The number of ether oxygens (including phenoxy) is 1. The van der Waals surface area contributed by atoms with E-state index in [1.165, 1.54) is 38.6 Å². The lowest BCUT2D eigenvalue weighted by Gasteiger charge is -2.39. The van der Waals surface area contributed by atoms with Crippen molar-refractivity contribution in [2.24, 2.45) is 10.7 Å². The smallest absolute Gasteiger partial charge is 0.275 e. The van der Waals surface area contributed by atoms with Gasteiger partial charge in [-0.1, -0.05) is 0 Å². The van der Waals surface area contributed by atoms with Gasteiger partial charge >= 0.3 is 0 Å². The molecular weight excluding hydrogens is 451 g/mol. The van der Waals surface area contributed by atoms with Crippen molar-refractivity contribution in [2.75, 3.05) is 18.2 Å². The van der Waals surface area contributed by atoms with E-state index in [-0.39, 0.29) is 22.8 Å². The zero-order valence-electron chi connectivity index (χ0n) is 17.3. The number of hydrogen-bond donors (Lipinski definition) is 2. The standard InChI is InChI=1S/C19H20F3N5O4S/c1-18(9-32(29,30)19(2,16(21)22)17(23)27-18)11-6-10(4-5-12(11)20)26-15(28)13-7-25-14(31-3)8-24-13/h4-8,16H,9H2,1-3H3,(H2,23,27)(H,26,28)/t18-,19-/m0/s1. The molecule has 9 nitrogen and oxygen atoms in total. The number of alkyl halides is 2. The van der Waals surface area contributed by atoms with Gasteiger partial charge in [0.1, 0.15) is 22.9 Å². The van der Waals surface area contributed by atoms with Gasteiger partial charge in [0, 0.05) is 11.3 Å². The fourth-order valence-electron chi connectivity index (χ4n) is 3.22. The van der Waals surface area contributed by atoms with Gasteiger partial charge in [-0.3, -0.25) is 9.79 Å². The van der Waals surface area contributed by atoms with Crippen LogP contribution >= 0.6 is 0 Å². The van der Waals surface area contributed by atoms with Gasteiger partial charge in [-0.15, -0.1) is 0 Å². The number of sulfone groups is 1. The number of rotatable bonds is 5. The van der Waals surface area contributed by atoms with E-state index < -0.39 is 49.9 Å². The molecule has 0 aliphatic carbocycles. The zero-order valence-corrected chi connectivity index (χ0v) is 18.1. The summed E-state index contributed by atoms with van der Waals surface area (Å²) in [6.07, 6.45) is -0.915. The van der Waals surface area contributed by atoms with Crippen molar-refractivity contribution in [2.45, 2.75) is 30.6 Å². The zero-order chi connectivity index (χ0) is 23.9. The number of amidine groups is 1. The highest BCUT2D eigenvalue weighted by Gasteiger charge is 2.57. The number of aromatic nitrogens is 2. The summed E-state index contributed by atoms with van der Waals surface area (Å²) in [6, 6.07) is 3.40. The molecule has 2 atom stereocenters. The second kappa shape index (κ2) is 8.04. The summed E-state index contributed by atoms with van der Waals surface area (Å²) in [5, 5.41) is 2.49. The van der Waals surface area contributed by atoms with Gasteiger partial charge in [0.2, 0.25) is 5.88 Å². The van der Waals surface area contributed by atoms with Crippen LogP contribution in [0.4, 0.5) is 18.9 Å². The largest absolute Gasteiger partial charge is 0.480 e. The summed E-state index contributed by atoms with van der Waals surface area (Å²) < 4.78 is 69.3. The van der Waals surface area contributed by atoms with Gasteiger partial charge in [0.15, 0.2) is 14.6 Å². The number of nitrogens with one attached hydrogen (secondary N) is 1. The number of methoxy groups -OCH3 is 1. The number of anilines is 1. The lowest BCUT2D eigenvalue weighted by Crippen LogP contribution is -2.60. The molecule has 13 heteroatoms. The topological polar surface area (TPSA) is 137 Å².